The van der Waals surface area contributed by atoms with E-state index in [1.807, 2.05) is 0 Å². The third-order valence-electron chi connectivity index (χ3n) is 4.09. The first kappa shape index (κ1) is 14.7. The van der Waals surface area contributed by atoms with Crippen LogP contribution in [0.25, 0.3) is 0 Å². The summed E-state index contributed by atoms with van der Waals surface area (Å²) in [6.07, 6.45) is 1.74. The molecule has 0 heterocycles. The molecule has 0 amide bonds. The minimum Gasteiger partial charge on any atom is -0.385 e. The zero-order valence-electron chi connectivity index (χ0n) is 10.8. The van der Waals surface area contributed by atoms with Crippen LogP contribution in [-0.2, 0) is 5.60 Å². The zero-order chi connectivity index (χ0) is 13.9. The van der Waals surface area contributed by atoms with Crippen LogP contribution >= 0.6 is 11.6 Å². The molecule has 1 N–H and O–H groups in total. The first-order valence-electron chi connectivity index (χ1n) is 6.79. The van der Waals surface area contributed by atoms with E-state index >= 15 is 0 Å². The lowest BCUT2D eigenvalue weighted by Crippen LogP contribution is -2.38. The Labute approximate surface area is 117 Å². The number of halogens is 3. The van der Waals surface area contributed by atoms with Gasteiger partial charge in [-0.1, -0.05) is 43.0 Å². The molecule has 0 aliphatic heterocycles. The molecular formula is C15H19ClF2O. The molecule has 1 aliphatic rings. The molecule has 0 aromatic heterocycles. The van der Waals surface area contributed by atoms with Crippen molar-refractivity contribution in [2.45, 2.75) is 50.6 Å². The smallest absolute Gasteiger partial charge is 0.241 e. The highest BCUT2D eigenvalue weighted by molar-refractivity contribution is 6.30. The predicted octanol–water partition coefficient (Wildman–Crippen LogP) is 4.76. The van der Waals surface area contributed by atoms with Gasteiger partial charge in [0.05, 0.1) is 5.60 Å². The Morgan fingerprint density at radius 3 is 2.26 bits per heavy atom. The minimum absolute atomic E-state index is 0.0866. The van der Waals surface area contributed by atoms with Gasteiger partial charge in [0.1, 0.15) is 0 Å². The van der Waals surface area contributed by atoms with Crippen LogP contribution in [0, 0.1) is 5.92 Å². The van der Waals surface area contributed by atoms with Gasteiger partial charge in [-0.3, -0.25) is 0 Å². The van der Waals surface area contributed by atoms with Crippen molar-refractivity contribution >= 4 is 11.6 Å². The van der Waals surface area contributed by atoms with Crippen LogP contribution in [-0.4, -0.2) is 11.5 Å². The molecule has 1 fully saturated rings. The molecule has 106 valence electrons. The Morgan fingerprint density at radius 1 is 1.16 bits per heavy atom. The van der Waals surface area contributed by atoms with Crippen molar-refractivity contribution in [3.63, 3.8) is 0 Å². The fraction of sp³-hybridized carbons (Fsp3) is 0.600. The van der Waals surface area contributed by atoms with Gasteiger partial charge in [0.25, 0.3) is 0 Å². The second-order valence-corrected chi connectivity index (χ2v) is 5.80. The molecule has 1 unspecified atom stereocenters. The molecule has 1 aliphatic carbocycles. The summed E-state index contributed by atoms with van der Waals surface area (Å²) in [6, 6.07) is 6.63. The average molecular weight is 289 g/mol. The topological polar surface area (TPSA) is 20.2 Å². The summed E-state index contributed by atoms with van der Waals surface area (Å²) in [5, 5.41) is 11.4. The maximum atomic E-state index is 12.9. The first-order chi connectivity index (χ1) is 9.02. The maximum absolute atomic E-state index is 12.9. The van der Waals surface area contributed by atoms with Crippen LogP contribution in [0.15, 0.2) is 24.3 Å². The summed E-state index contributed by atoms with van der Waals surface area (Å²) in [5.41, 5.74) is -0.872. The van der Waals surface area contributed by atoms with Crippen LogP contribution < -0.4 is 0 Å². The summed E-state index contributed by atoms with van der Waals surface area (Å²) < 4.78 is 25.7. The van der Waals surface area contributed by atoms with E-state index in [1.54, 1.807) is 24.3 Å². The van der Waals surface area contributed by atoms with E-state index in [0.29, 0.717) is 10.6 Å². The third-order valence-corrected chi connectivity index (χ3v) is 4.34. The number of hydrogen-bond acceptors (Lipinski definition) is 1. The van der Waals surface area contributed by atoms with Crippen LogP contribution in [0.3, 0.4) is 0 Å². The highest BCUT2D eigenvalue weighted by Gasteiger charge is 2.41. The van der Waals surface area contributed by atoms with E-state index in [4.69, 9.17) is 11.6 Å². The van der Waals surface area contributed by atoms with Gasteiger partial charge in [0.2, 0.25) is 6.43 Å². The van der Waals surface area contributed by atoms with Crippen LogP contribution in [0.1, 0.15) is 44.1 Å². The van der Waals surface area contributed by atoms with Gasteiger partial charge in [0, 0.05) is 11.4 Å². The number of aliphatic hydroxyl groups is 1. The largest absolute Gasteiger partial charge is 0.385 e. The fourth-order valence-electron chi connectivity index (χ4n) is 3.07. The molecule has 0 saturated heterocycles. The molecular weight excluding hydrogens is 270 g/mol. The molecule has 0 radical (unpaired) electrons. The third kappa shape index (κ3) is 3.46. The van der Waals surface area contributed by atoms with Crippen molar-refractivity contribution in [2.75, 3.05) is 0 Å². The summed E-state index contributed by atoms with van der Waals surface area (Å²) in [6.45, 7) is 0. The van der Waals surface area contributed by atoms with Gasteiger partial charge in [-0.25, -0.2) is 8.78 Å². The van der Waals surface area contributed by atoms with E-state index in [-0.39, 0.29) is 5.92 Å². The van der Waals surface area contributed by atoms with Gasteiger partial charge < -0.3 is 5.11 Å². The molecule has 0 bridgehead atoms. The van der Waals surface area contributed by atoms with Gasteiger partial charge in [-0.2, -0.15) is 0 Å². The van der Waals surface area contributed by atoms with Crippen molar-refractivity contribution in [1.82, 2.24) is 0 Å². The van der Waals surface area contributed by atoms with Crippen LogP contribution in [0.5, 0.6) is 0 Å². The quantitative estimate of drug-likeness (QED) is 0.846. The van der Waals surface area contributed by atoms with Gasteiger partial charge in [-0.15, -0.1) is 0 Å². The normalized spacial score (nSPS) is 20.5. The Balaban J connectivity index is 2.29. The van der Waals surface area contributed by atoms with Crippen LogP contribution in [0.2, 0.25) is 5.02 Å². The van der Waals surface area contributed by atoms with Gasteiger partial charge in [0.15, 0.2) is 0 Å². The van der Waals surface area contributed by atoms with E-state index in [2.05, 4.69) is 0 Å². The summed E-state index contributed by atoms with van der Waals surface area (Å²) >= 11 is 5.82. The second kappa shape index (κ2) is 6.19. The number of rotatable bonds is 4. The lowest BCUT2D eigenvalue weighted by Gasteiger charge is -2.39. The van der Waals surface area contributed by atoms with Crippen molar-refractivity contribution in [1.29, 1.82) is 0 Å². The van der Waals surface area contributed by atoms with E-state index in [1.165, 1.54) is 0 Å². The number of benzene rings is 1. The molecule has 1 atom stereocenters. The molecule has 19 heavy (non-hydrogen) atoms. The Bertz CT molecular complexity index is 401. The van der Waals surface area contributed by atoms with Crippen molar-refractivity contribution in [3.05, 3.63) is 34.9 Å². The van der Waals surface area contributed by atoms with Crippen LogP contribution in [0.4, 0.5) is 8.78 Å². The van der Waals surface area contributed by atoms with Gasteiger partial charge in [-0.05, 0) is 36.5 Å². The fourth-order valence-corrected chi connectivity index (χ4v) is 3.20. The predicted molar refractivity (Wildman–Crippen MR) is 72.5 cm³/mol. The molecule has 0 spiro atoms. The zero-order valence-corrected chi connectivity index (χ0v) is 11.5. The van der Waals surface area contributed by atoms with E-state index in [0.717, 1.165) is 32.1 Å². The number of hydrogen-bond donors (Lipinski definition) is 1. The van der Waals surface area contributed by atoms with E-state index < -0.39 is 18.4 Å². The highest BCUT2D eigenvalue weighted by atomic mass is 35.5. The Morgan fingerprint density at radius 2 is 1.74 bits per heavy atom. The number of alkyl halides is 2. The SMILES string of the molecule is OC(CC(F)F)(c1ccc(Cl)cc1)C1CCCCC1. The summed E-state index contributed by atoms with van der Waals surface area (Å²) in [4.78, 5) is 0. The van der Waals surface area contributed by atoms with Crippen molar-refractivity contribution in [2.24, 2.45) is 5.92 Å². The molecule has 1 aromatic rings. The highest BCUT2D eigenvalue weighted by Crippen LogP contribution is 2.43. The molecule has 2 rings (SSSR count). The van der Waals surface area contributed by atoms with Crippen molar-refractivity contribution < 1.29 is 13.9 Å². The molecule has 1 nitrogen and oxygen atoms in total. The minimum atomic E-state index is -2.51. The molecule has 4 heteroatoms. The molecule has 1 aromatic carbocycles. The Kier molecular flexibility index (Phi) is 4.80. The first-order valence-corrected chi connectivity index (χ1v) is 7.17. The Hall–Kier alpha value is -0.670. The molecule has 1 saturated carbocycles. The van der Waals surface area contributed by atoms with E-state index in [9.17, 15) is 13.9 Å². The average Bonchev–Trinajstić information content (AvgIpc) is 2.39. The maximum Gasteiger partial charge on any atom is 0.241 e. The summed E-state index contributed by atoms with van der Waals surface area (Å²) in [7, 11) is 0. The summed E-state index contributed by atoms with van der Waals surface area (Å²) in [5.74, 6) is -0.0866. The standard InChI is InChI=1S/C15H19ClF2O/c16-13-8-6-12(7-9-13)15(19,10-14(17)18)11-4-2-1-3-5-11/h6-9,11,14,19H,1-5,10H2. The lowest BCUT2D eigenvalue weighted by molar-refractivity contribution is -0.0808. The van der Waals surface area contributed by atoms with Gasteiger partial charge >= 0.3 is 0 Å². The lowest BCUT2D eigenvalue weighted by atomic mass is 9.72. The second-order valence-electron chi connectivity index (χ2n) is 5.36. The monoisotopic (exact) mass is 288 g/mol. The van der Waals surface area contributed by atoms with Crippen molar-refractivity contribution in [3.8, 4) is 0 Å².